The van der Waals surface area contributed by atoms with Gasteiger partial charge in [-0.3, -0.25) is 0 Å². The highest BCUT2D eigenvalue weighted by Gasteiger charge is 2.02. The fraction of sp³-hybridized carbons (Fsp3) is 0.500. The van der Waals surface area contributed by atoms with Crippen molar-refractivity contribution in [3.05, 3.63) is 6.07 Å². The van der Waals surface area contributed by atoms with Gasteiger partial charge in [0.1, 0.15) is 5.82 Å². The van der Waals surface area contributed by atoms with Gasteiger partial charge in [0.05, 0.1) is 7.11 Å². The average molecular weight is 199 g/mol. The summed E-state index contributed by atoms with van der Waals surface area (Å²) in [5.41, 5.74) is 0. The molecule has 72 valence electrons. The Morgan fingerprint density at radius 1 is 1.54 bits per heavy atom. The Balaban J connectivity index is 2.93. The Hall–Kier alpha value is -0.970. The summed E-state index contributed by atoms with van der Waals surface area (Å²) in [6.07, 6.45) is 1.94. The second kappa shape index (κ2) is 4.91. The van der Waals surface area contributed by atoms with E-state index < -0.39 is 0 Å². The van der Waals surface area contributed by atoms with Gasteiger partial charge in [0.15, 0.2) is 5.16 Å². The first kappa shape index (κ1) is 10.1. The summed E-state index contributed by atoms with van der Waals surface area (Å²) in [5, 5.41) is 3.83. The molecule has 0 saturated carbocycles. The lowest BCUT2D eigenvalue weighted by Gasteiger charge is -2.05. The zero-order valence-electron chi connectivity index (χ0n) is 8.00. The van der Waals surface area contributed by atoms with Crippen molar-refractivity contribution in [3.8, 4) is 5.88 Å². The monoisotopic (exact) mass is 199 g/mol. The summed E-state index contributed by atoms with van der Waals surface area (Å²) >= 11 is 1.50. The predicted molar refractivity (Wildman–Crippen MR) is 54.5 cm³/mol. The standard InChI is InChI=1S/C8H13N3OS/c1-4-9-6-5-7(12-2)11-8(10-6)13-3/h5H,4H2,1-3H3,(H,9,10,11). The van der Waals surface area contributed by atoms with E-state index in [2.05, 4.69) is 15.3 Å². The minimum absolute atomic E-state index is 0.593. The van der Waals surface area contributed by atoms with Crippen molar-refractivity contribution in [1.82, 2.24) is 9.97 Å². The van der Waals surface area contributed by atoms with Crippen LogP contribution in [0.3, 0.4) is 0 Å². The highest BCUT2D eigenvalue weighted by molar-refractivity contribution is 7.98. The number of hydrogen-bond acceptors (Lipinski definition) is 5. The highest BCUT2D eigenvalue weighted by atomic mass is 32.2. The number of ether oxygens (including phenoxy) is 1. The molecule has 0 fully saturated rings. The number of nitrogens with zero attached hydrogens (tertiary/aromatic N) is 2. The van der Waals surface area contributed by atoms with Gasteiger partial charge in [-0.2, -0.15) is 4.98 Å². The van der Waals surface area contributed by atoms with E-state index in [-0.39, 0.29) is 0 Å². The number of aromatic nitrogens is 2. The molecule has 0 unspecified atom stereocenters. The first-order chi connectivity index (χ1) is 6.30. The zero-order valence-corrected chi connectivity index (χ0v) is 8.81. The molecule has 0 radical (unpaired) electrons. The van der Waals surface area contributed by atoms with Crippen molar-refractivity contribution in [2.24, 2.45) is 0 Å². The lowest BCUT2D eigenvalue weighted by Crippen LogP contribution is -2.02. The molecule has 0 bridgehead atoms. The first-order valence-corrected chi connectivity index (χ1v) is 5.23. The molecule has 0 aromatic carbocycles. The van der Waals surface area contributed by atoms with Crippen LogP contribution in [0.1, 0.15) is 6.92 Å². The normalized spacial score (nSPS) is 9.77. The number of anilines is 1. The highest BCUT2D eigenvalue weighted by Crippen LogP contribution is 2.17. The molecule has 0 aliphatic rings. The third kappa shape index (κ3) is 2.77. The lowest BCUT2D eigenvalue weighted by molar-refractivity contribution is 0.393. The van der Waals surface area contributed by atoms with Crippen LogP contribution in [-0.4, -0.2) is 29.9 Å². The minimum atomic E-state index is 0.593. The smallest absolute Gasteiger partial charge is 0.219 e. The van der Waals surface area contributed by atoms with E-state index in [0.29, 0.717) is 5.88 Å². The Kier molecular flexibility index (Phi) is 3.82. The van der Waals surface area contributed by atoms with Crippen LogP contribution in [0.15, 0.2) is 11.2 Å². The van der Waals surface area contributed by atoms with Crippen LogP contribution in [-0.2, 0) is 0 Å². The van der Waals surface area contributed by atoms with Gasteiger partial charge in [-0.05, 0) is 13.2 Å². The van der Waals surface area contributed by atoms with Crippen molar-refractivity contribution in [1.29, 1.82) is 0 Å². The number of rotatable bonds is 4. The molecule has 1 heterocycles. The van der Waals surface area contributed by atoms with Gasteiger partial charge in [0, 0.05) is 12.6 Å². The van der Waals surface area contributed by atoms with E-state index in [9.17, 15) is 0 Å². The molecule has 0 saturated heterocycles. The summed E-state index contributed by atoms with van der Waals surface area (Å²) in [6.45, 7) is 2.86. The SMILES string of the molecule is CCNc1cc(OC)nc(SC)n1. The topological polar surface area (TPSA) is 47.0 Å². The quantitative estimate of drug-likeness (QED) is 0.590. The number of thioether (sulfide) groups is 1. The van der Waals surface area contributed by atoms with Crippen LogP contribution < -0.4 is 10.1 Å². The molecule has 0 aliphatic heterocycles. The molecule has 5 heteroatoms. The molecule has 1 N–H and O–H groups in total. The maximum Gasteiger partial charge on any atom is 0.219 e. The molecule has 1 aromatic rings. The Labute approximate surface area is 82.1 Å². The maximum absolute atomic E-state index is 5.04. The van der Waals surface area contributed by atoms with Gasteiger partial charge in [-0.25, -0.2) is 4.98 Å². The van der Waals surface area contributed by atoms with Crippen LogP contribution in [0.2, 0.25) is 0 Å². The Bertz CT molecular complexity index is 258. The van der Waals surface area contributed by atoms with E-state index >= 15 is 0 Å². The van der Waals surface area contributed by atoms with Crippen molar-refractivity contribution in [2.45, 2.75) is 12.1 Å². The van der Waals surface area contributed by atoms with Crippen molar-refractivity contribution >= 4 is 17.6 Å². The molecule has 0 aliphatic carbocycles. The molecule has 4 nitrogen and oxygen atoms in total. The number of hydrogen-bond donors (Lipinski definition) is 1. The zero-order chi connectivity index (χ0) is 9.68. The third-order valence-corrected chi connectivity index (χ3v) is 1.98. The van der Waals surface area contributed by atoms with E-state index in [4.69, 9.17) is 4.74 Å². The summed E-state index contributed by atoms with van der Waals surface area (Å²) in [4.78, 5) is 8.39. The Morgan fingerprint density at radius 2 is 2.31 bits per heavy atom. The van der Waals surface area contributed by atoms with Crippen LogP contribution in [0.4, 0.5) is 5.82 Å². The van der Waals surface area contributed by atoms with E-state index in [1.54, 1.807) is 13.2 Å². The van der Waals surface area contributed by atoms with Crippen LogP contribution in [0.5, 0.6) is 5.88 Å². The van der Waals surface area contributed by atoms with Crippen molar-refractivity contribution in [3.63, 3.8) is 0 Å². The van der Waals surface area contributed by atoms with Gasteiger partial charge >= 0.3 is 0 Å². The predicted octanol–water partition coefficient (Wildman–Crippen LogP) is 1.64. The largest absolute Gasteiger partial charge is 0.481 e. The molecule has 1 rings (SSSR count). The van der Waals surface area contributed by atoms with E-state index in [1.807, 2.05) is 13.2 Å². The van der Waals surface area contributed by atoms with Crippen molar-refractivity contribution in [2.75, 3.05) is 25.2 Å². The molecule has 0 spiro atoms. The number of methoxy groups -OCH3 is 1. The average Bonchev–Trinajstić information content (AvgIpc) is 2.17. The second-order valence-corrected chi connectivity index (χ2v) is 3.09. The van der Waals surface area contributed by atoms with Gasteiger partial charge in [0.25, 0.3) is 0 Å². The van der Waals surface area contributed by atoms with E-state index in [0.717, 1.165) is 17.5 Å². The Morgan fingerprint density at radius 3 is 2.85 bits per heavy atom. The molecular formula is C8H13N3OS. The molecule has 1 aromatic heterocycles. The van der Waals surface area contributed by atoms with E-state index in [1.165, 1.54) is 11.8 Å². The van der Waals surface area contributed by atoms with Gasteiger partial charge in [0.2, 0.25) is 5.88 Å². The molecule has 13 heavy (non-hydrogen) atoms. The second-order valence-electron chi connectivity index (χ2n) is 2.31. The summed E-state index contributed by atoms with van der Waals surface area (Å²) in [7, 11) is 1.60. The lowest BCUT2D eigenvalue weighted by atomic mass is 10.5. The van der Waals surface area contributed by atoms with Crippen molar-refractivity contribution < 1.29 is 4.74 Å². The van der Waals surface area contributed by atoms with Gasteiger partial charge in [-0.15, -0.1) is 0 Å². The summed E-state index contributed by atoms with van der Waals surface area (Å²) in [6, 6.07) is 1.78. The fourth-order valence-electron chi connectivity index (χ4n) is 0.871. The molecule has 0 amide bonds. The van der Waals surface area contributed by atoms with Gasteiger partial charge in [-0.1, -0.05) is 11.8 Å². The third-order valence-electron chi connectivity index (χ3n) is 1.43. The minimum Gasteiger partial charge on any atom is -0.481 e. The van der Waals surface area contributed by atoms with Crippen LogP contribution in [0.25, 0.3) is 0 Å². The molecule has 0 atom stereocenters. The number of nitrogens with one attached hydrogen (secondary N) is 1. The van der Waals surface area contributed by atoms with Crippen LogP contribution in [0, 0.1) is 0 Å². The first-order valence-electron chi connectivity index (χ1n) is 4.01. The fourth-order valence-corrected chi connectivity index (χ4v) is 1.24. The maximum atomic E-state index is 5.04. The van der Waals surface area contributed by atoms with Gasteiger partial charge < -0.3 is 10.1 Å². The van der Waals surface area contributed by atoms with Crippen LogP contribution >= 0.6 is 11.8 Å². The summed E-state index contributed by atoms with van der Waals surface area (Å²) < 4.78 is 5.04. The summed E-state index contributed by atoms with van der Waals surface area (Å²) in [5.74, 6) is 1.40. The molecular weight excluding hydrogens is 186 g/mol.